The molecule has 0 radical (unpaired) electrons. The molecular formula is C17H20ClNO2. The molecule has 112 valence electrons. The van der Waals surface area contributed by atoms with E-state index in [4.69, 9.17) is 11.6 Å². The fourth-order valence-corrected chi connectivity index (χ4v) is 2.63. The van der Waals surface area contributed by atoms with E-state index in [-0.39, 0.29) is 11.8 Å². The first-order chi connectivity index (χ1) is 10.1. The van der Waals surface area contributed by atoms with Crippen LogP contribution in [0.25, 0.3) is 0 Å². The van der Waals surface area contributed by atoms with Gasteiger partial charge in [0.1, 0.15) is 5.75 Å². The number of hydrogen-bond donors (Lipinski definition) is 3. The molecule has 4 heteroatoms. The van der Waals surface area contributed by atoms with Crippen LogP contribution in [-0.2, 0) is 0 Å². The van der Waals surface area contributed by atoms with Crippen LogP contribution in [0.1, 0.15) is 36.6 Å². The number of benzene rings is 2. The van der Waals surface area contributed by atoms with Crippen molar-refractivity contribution in [3.8, 4) is 5.75 Å². The van der Waals surface area contributed by atoms with Gasteiger partial charge in [-0.15, -0.1) is 0 Å². The van der Waals surface area contributed by atoms with E-state index < -0.39 is 6.10 Å². The lowest BCUT2D eigenvalue weighted by molar-refractivity contribution is 0.169. The van der Waals surface area contributed by atoms with Gasteiger partial charge in [0.25, 0.3) is 0 Å². The number of aromatic hydroxyl groups is 1. The molecule has 0 bridgehead atoms. The Labute approximate surface area is 130 Å². The number of aliphatic hydroxyl groups excluding tert-OH is 1. The van der Waals surface area contributed by atoms with Crippen molar-refractivity contribution < 1.29 is 10.2 Å². The van der Waals surface area contributed by atoms with E-state index in [0.29, 0.717) is 17.1 Å². The molecule has 0 aliphatic rings. The molecule has 0 aromatic heterocycles. The van der Waals surface area contributed by atoms with Crippen LogP contribution >= 0.6 is 11.6 Å². The molecular weight excluding hydrogens is 286 g/mol. The van der Waals surface area contributed by atoms with E-state index in [1.165, 1.54) is 0 Å². The van der Waals surface area contributed by atoms with E-state index in [0.717, 1.165) is 12.0 Å². The second-order valence-electron chi connectivity index (χ2n) is 4.97. The minimum atomic E-state index is -0.682. The third-order valence-electron chi connectivity index (χ3n) is 3.54. The highest BCUT2D eigenvalue weighted by atomic mass is 35.5. The summed E-state index contributed by atoms with van der Waals surface area (Å²) in [6, 6.07) is 14.5. The molecule has 0 aliphatic carbocycles. The lowest BCUT2D eigenvalue weighted by atomic mass is 10.0. The summed E-state index contributed by atoms with van der Waals surface area (Å²) in [5, 5.41) is 24.0. The van der Waals surface area contributed by atoms with Crippen LogP contribution in [-0.4, -0.2) is 16.8 Å². The molecule has 3 N–H and O–H groups in total. The standard InChI is InChI=1S/C17H20ClNO2/c1-2-15(13-8-4-6-10-16(13)20)19-11-17(21)12-7-3-5-9-14(12)18/h3-10,15,17,19-21H,2,11H2,1H3. The van der Waals surface area contributed by atoms with Crippen LogP contribution in [0.15, 0.2) is 48.5 Å². The van der Waals surface area contributed by atoms with Gasteiger partial charge in [-0.2, -0.15) is 0 Å². The first-order valence-electron chi connectivity index (χ1n) is 7.07. The van der Waals surface area contributed by atoms with Crippen LogP contribution in [0.3, 0.4) is 0 Å². The van der Waals surface area contributed by atoms with Gasteiger partial charge < -0.3 is 15.5 Å². The normalized spacial score (nSPS) is 13.9. The monoisotopic (exact) mass is 305 g/mol. The second kappa shape index (κ2) is 7.46. The van der Waals surface area contributed by atoms with Crippen LogP contribution in [0.4, 0.5) is 0 Å². The summed E-state index contributed by atoms with van der Waals surface area (Å²) in [7, 11) is 0. The highest BCUT2D eigenvalue weighted by Crippen LogP contribution is 2.27. The van der Waals surface area contributed by atoms with Crippen LogP contribution < -0.4 is 5.32 Å². The number of rotatable bonds is 6. The van der Waals surface area contributed by atoms with Gasteiger partial charge in [-0.1, -0.05) is 54.9 Å². The van der Waals surface area contributed by atoms with Crippen LogP contribution in [0.5, 0.6) is 5.75 Å². The Morgan fingerprint density at radius 2 is 1.67 bits per heavy atom. The van der Waals surface area contributed by atoms with E-state index in [1.54, 1.807) is 18.2 Å². The van der Waals surface area contributed by atoms with Crippen molar-refractivity contribution in [2.24, 2.45) is 0 Å². The van der Waals surface area contributed by atoms with Gasteiger partial charge in [0.2, 0.25) is 0 Å². The average molecular weight is 306 g/mol. The Balaban J connectivity index is 2.04. The number of phenolic OH excluding ortho intramolecular Hbond substituents is 1. The molecule has 3 nitrogen and oxygen atoms in total. The summed E-state index contributed by atoms with van der Waals surface area (Å²) in [6.45, 7) is 2.41. The minimum absolute atomic E-state index is 0.0108. The third kappa shape index (κ3) is 3.97. The van der Waals surface area contributed by atoms with E-state index in [9.17, 15) is 10.2 Å². The van der Waals surface area contributed by atoms with Gasteiger partial charge in [-0.05, 0) is 18.6 Å². The van der Waals surface area contributed by atoms with Crippen molar-refractivity contribution in [3.63, 3.8) is 0 Å². The molecule has 0 aliphatic heterocycles. The van der Waals surface area contributed by atoms with Gasteiger partial charge >= 0.3 is 0 Å². The van der Waals surface area contributed by atoms with E-state index in [2.05, 4.69) is 5.32 Å². The third-order valence-corrected chi connectivity index (χ3v) is 3.89. The summed E-state index contributed by atoms with van der Waals surface area (Å²) in [4.78, 5) is 0. The highest BCUT2D eigenvalue weighted by molar-refractivity contribution is 6.31. The van der Waals surface area contributed by atoms with Crippen LogP contribution in [0, 0.1) is 0 Å². The predicted octanol–water partition coefficient (Wildman–Crippen LogP) is 3.82. The lowest BCUT2D eigenvalue weighted by Crippen LogP contribution is -2.26. The second-order valence-corrected chi connectivity index (χ2v) is 5.37. The number of hydrogen-bond acceptors (Lipinski definition) is 3. The number of phenols is 1. The summed E-state index contributed by atoms with van der Waals surface area (Å²) in [5.41, 5.74) is 1.55. The molecule has 0 saturated carbocycles. The Bertz CT molecular complexity index is 589. The van der Waals surface area contributed by atoms with Gasteiger partial charge in [0, 0.05) is 28.7 Å². The van der Waals surface area contributed by atoms with Crippen molar-refractivity contribution in [1.29, 1.82) is 0 Å². The molecule has 0 spiro atoms. The zero-order valence-electron chi connectivity index (χ0n) is 12.0. The van der Waals surface area contributed by atoms with Crippen molar-refractivity contribution in [2.45, 2.75) is 25.5 Å². The zero-order valence-corrected chi connectivity index (χ0v) is 12.7. The summed E-state index contributed by atoms with van der Waals surface area (Å²) in [6.07, 6.45) is 0.130. The van der Waals surface area contributed by atoms with E-state index >= 15 is 0 Å². The number of para-hydroxylation sites is 1. The Kier molecular flexibility index (Phi) is 5.62. The minimum Gasteiger partial charge on any atom is -0.508 e. The quantitative estimate of drug-likeness (QED) is 0.760. The first kappa shape index (κ1) is 15.8. The molecule has 0 amide bonds. The van der Waals surface area contributed by atoms with Gasteiger partial charge in [-0.3, -0.25) is 0 Å². The van der Waals surface area contributed by atoms with E-state index in [1.807, 2.05) is 37.3 Å². The molecule has 2 rings (SSSR count). The Morgan fingerprint density at radius 3 is 2.29 bits per heavy atom. The molecule has 2 atom stereocenters. The lowest BCUT2D eigenvalue weighted by Gasteiger charge is -2.21. The van der Waals surface area contributed by atoms with Crippen molar-refractivity contribution >= 4 is 11.6 Å². The molecule has 0 saturated heterocycles. The predicted molar refractivity (Wildman–Crippen MR) is 85.6 cm³/mol. The topological polar surface area (TPSA) is 52.5 Å². The SMILES string of the molecule is CCC(NCC(O)c1ccccc1Cl)c1ccccc1O. The van der Waals surface area contributed by atoms with Crippen LogP contribution in [0.2, 0.25) is 5.02 Å². The Morgan fingerprint density at radius 1 is 1.05 bits per heavy atom. The maximum atomic E-state index is 10.3. The largest absolute Gasteiger partial charge is 0.508 e. The molecule has 21 heavy (non-hydrogen) atoms. The molecule has 0 heterocycles. The summed E-state index contributed by atoms with van der Waals surface area (Å²) < 4.78 is 0. The van der Waals surface area contributed by atoms with Gasteiger partial charge in [0.15, 0.2) is 0 Å². The first-order valence-corrected chi connectivity index (χ1v) is 7.45. The fourth-order valence-electron chi connectivity index (χ4n) is 2.37. The average Bonchev–Trinajstić information content (AvgIpc) is 2.49. The zero-order chi connectivity index (χ0) is 15.2. The maximum absolute atomic E-state index is 10.3. The van der Waals surface area contributed by atoms with Gasteiger partial charge in [0.05, 0.1) is 6.10 Å². The Hall–Kier alpha value is -1.55. The molecule has 2 aromatic rings. The van der Waals surface area contributed by atoms with Crippen molar-refractivity contribution in [1.82, 2.24) is 5.32 Å². The number of aliphatic hydroxyl groups is 1. The van der Waals surface area contributed by atoms with Gasteiger partial charge in [-0.25, -0.2) is 0 Å². The molecule has 2 unspecified atom stereocenters. The molecule has 0 fully saturated rings. The smallest absolute Gasteiger partial charge is 0.120 e. The molecule has 2 aromatic carbocycles. The fraction of sp³-hybridized carbons (Fsp3) is 0.294. The highest BCUT2D eigenvalue weighted by Gasteiger charge is 2.16. The summed E-state index contributed by atoms with van der Waals surface area (Å²) in [5.74, 6) is 0.268. The number of nitrogens with one attached hydrogen (secondary N) is 1. The summed E-state index contributed by atoms with van der Waals surface area (Å²) >= 11 is 6.08. The van der Waals surface area contributed by atoms with Crippen molar-refractivity contribution in [2.75, 3.05) is 6.54 Å². The maximum Gasteiger partial charge on any atom is 0.120 e. The number of halogens is 1. The van der Waals surface area contributed by atoms with Crippen molar-refractivity contribution in [3.05, 3.63) is 64.7 Å².